The molecule has 3 rings (SSSR count). The number of nitrogens with zero attached hydrogens (tertiary/aromatic N) is 1. The van der Waals surface area contributed by atoms with Crippen molar-refractivity contribution in [2.75, 3.05) is 6.61 Å². The van der Waals surface area contributed by atoms with Crippen LogP contribution in [0.1, 0.15) is 12.5 Å². The standard InChI is InChI=1S/C21H19NO2/c1-2-23-19-12-8-17(9-13-19)16-22-18-10-14-21(15-11-18)24-20-6-4-3-5-7-20/h3-16H,2H2,1H3. The molecule has 0 unspecified atom stereocenters. The highest BCUT2D eigenvalue weighted by Crippen LogP contribution is 2.23. The average molecular weight is 317 g/mol. The van der Waals surface area contributed by atoms with Crippen molar-refractivity contribution in [3.63, 3.8) is 0 Å². The Bertz CT molecular complexity index is 778. The summed E-state index contributed by atoms with van der Waals surface area (Å²) in [6.45, 7) is 2.64. The number of hydrogen-bond acceptors (Lipinski definition) is 3. The zero-order valence-corrected chi connectivity index (χ0v) is 13.6. The molecule has 0 N–H and O–H groups in total. The zero-order valence-electron chi connectivity index (χ0n) is 13.6. The van der Waals surface area contributed by atoms with Gasteiger partial charge in [-0.3, -0.25) is 4.99 Å². The summed E-state index contributed by atoms with van der Waals surface area (Å²) in [6, 6.07) is 25.3. The van der Waals surface area contributed by atoms with Crippen LogP contribution in [0, 0.1) is 0 Å². The van der Waals surface area contributed by atoms with Crippen LogP contribution in [0.15, 0.2) is 83.9 Å². The first kappa shape index (κ1) is 15.8. The van der Waals surface area contributed by atoms with E-state index >= 15 is 0 Å². The monoisotopic (exact) mass is 317 g/mol. The summed E-state index contributed by atoms with van der Waals surface area (Å²) in [6.07, 6.45) is 1.84. The minimum absolute atomic E-state index is 0.671. The van der Waals surface area contributed by atoms with Crippen LogP contribution in [-0.2, 0) is 0 Å². The van der Waals surface area contributed by atoms with Crippen molar-refractivity contribution in [1.29, 1.82) is 0 Å². The van der Waals surface area contributed by atoms with E-state index in [4.69, 9.17) is 9.47 Å². The van der Waals surface area contributed by atoms with Gasteiger partial charge in [0.15, 0.2) is 0 Å². The Labute approximate surface area is 142 Å². The molecule has 0 aromatic heterocycles. The summed E-state index contributed by atoms with van der Waals surface area (Å²) >= 11 is 0. The summed E-state index contributed by atoms with van der Waals surface area (Å²) in [5.74, 6) is 2.49. The van der Waals surface area contributed by atoms with E-state index in [0.29, 0.717) is 6.61 Å². The van der Waals surface area contributed by atoms with Gasteiger partial charge in [0.25, 0.3) is 0 Å². The Morgan fingerprint density at radius 3 is 2.04 bits per heavy atom. The van der Waals surface area contributed by atoms with E-state index < -0.39 is 0 Å². The molecule has 3 heteroatoms. The first-order valence-corrected chi connectivity index (χ1v) is 7.93. The molecule has 0 fully saturated rings. The van der Waals surface area contributed by atoms with Crippen LogP contribution >= 0.6 is 0 Å². The van der Waals surface area contributed by atoms with Crippen molar-refractivity contribution in [2.24, 2.45) is 4.99 Å². The second-order valence-corrected chi connectivity index (χ2v) is 5.17. The van der Waals surface area contributed by atoms with Gasteiger partial charge >= 0.3 is 0 Å². The normalized spacial score (nSPS) is 10.7. The maximum Gasteiger partial charge on any atom is 0.127 e. The van der Waals surface area contributed by atoms with Crippen molar-refractivity contribution in [3.05, 3.63) is 84.4 Å². The SMILES string of the molecule is CCOc1ccc(C=Nc2ccc(Oc3ccccc3)cc2)cc1. The lowest BCUT2D eigenvalue weighted by Gasteiger charge is -2.05. The fourth-order valence-corrected chi connectivity index (χ4v) is 2.19. The van der Waals surface area contributed by atoms with Crippen LogP contribution in [0.5, 0.6) is 17.2 Å². The molecule has 0 saturated carbocycles. The van der Waals surface area contributed by atoms with Crippen LogP contribution < -0.4 is 9.47 Å². The minimum Gasteiger partial charge on any atom is -0.494 e. The molecule has 120 valence electrons. The van der Waals surface area contributed by atoms with Gasteiger partial charge in [0.2, 0.25) is 0 Å². The van der Waals surface area contributed by atoms with E-state index in [-0.39, 0.29) is 0 Å². The van der Waals surface area contributed by atoms with E-state index in [1.54, 1.807) is 0 Å². The third-order valence-electron chi connectivity index (χ3n) is 3.37. The summed E-state index contributed by atoms with van der Waals surface area (Å²) in [5, 5.41) is 0. The van der Waals surface area contributed by atoms with Gasteiger partial charge in [-0.2, -0.15) is 0 Å². The van der Waals surface area contributed by atoms with Crippen LogP contribution in [0.3, 0.4) is 0 Å². The topological polar surface area (TPSA) is 30.8 Å². The predicted molar refractivity (Wildman–Crippen MR) is 97.8 cm³/mol. The van der Waals surface area contributed by atoms with E-state index in [1.165, 1.54) is 0 Å². The lowest BCUT2D eigenvalue weighted by Crippen LogP contribution is -1.91. The molecule has 0 heterocycles. The molecule has 0 aliphatic rings. The lowest BCUT2D eigenvalue weighted by molar-refractivity contribution is 0.340. The van der Waals surface area contributed by atoms with Crippen LogP contribution in [0.2, 0.25) is 0 Å². The molecule has 0 spiro atoms. The molecule has 0 atom stereocenters. The molecular formula is C21H19NO2. The summed E-state index contributed by atoms with van der Waals surface area (Å²) < 4.78 is 11.2. The number of ether oxygens (including phenoxy) is 2. The number of rotatable bonds is 6. The molecular weight excluding hydrogens is 298 g/mol. The van der Waals surface area contributed by atoms with E-state index in [9.17, 15) is 0 Å². The number of para-hydroxylation sites is 1. The number of aliphatic imine (C=N–C) groups is 1. The fourth-order valence-electron chi connectivity index (χ4n) is 2.19. The Morgan fingerprint density at radius 1 is 0.750 bits per heavy atom. The molecule has 0 bridgehead atoms. The molecule has 0 aliphatic carbocycles. The molecule has 3 aromatic carbocycles. The quantitative estimate of drug-likeness (QED) is 0.552. The highest BCUT2D eigenvalue weighted by molar-refractivity contribution is 5.82. The Hall–Kier alpha value is -3.07. The van der Waals surface area contributed by atoms with E-state index in [2.05, 4.69) is 4.99 Å². The molecule has 24 heavy (non-hydrogen) atoms. The average Bonchev–Trinajstić information content (AvgIpc) is 2.63. The van der Waals surface area contributed by atoms with E-state index in [0.717, 1.165) is 28.5 Å². The summed E-state index contributed by atoms with van der Waals surface area (Å²) in [4.78, 5) is 4.48. The first-order chi connectivity index (χ1) is 11.8. The van der Waals surface area contributed by atoms with Gasteiger partial charge in [0, 0.05) is 6.21 Å². The van der Waals surface area contributed by atoms with Crippen LogP contribution in [0.25, 0.3) is 0 Å². The second kappa shape index (κ2) is 7.97. The van der Waals surface area contributed by atoms with E-state index in [1.807, 2.05) is 92.0 Å². The van der Waals surface area contributed by atoms with Gasteiger partial charge in [-0.15, -0.1) is 0 Å². The largest absolute Gasteiger partial charge is 0.494 e. The summed E-state index contributed by atoms with van der Waals surface area (Å²) in [7, 11) is 0. The number of hydrogen-bond donors (Lipinski definition) is 0. The molecule has 3 aromatic rings. The Kier molecular flexibility index (Phi) is 5.25. The van der Waals surface area contributed by atoms with Crippen LogP contribution in [-0.4, -0.2) is 12.8 Å². The van der Waals surface area contributed by atoms with Gasteiger partial charge < -0.3 is 9.47 Å². The van der Waals surface area contributed by atoms with Crippen molar-refractivity contribution >= 4 is 11.9 Å². The smallest absolute Gasteiger partial charge is 0.127 e. The molecule has 0 radical (unpaired) electrons. The van der Waals surface area contributed by atoms with Crippen LogP contribution in [0.4, 0.5) is 5.69 Å². The van der Waals surface area contributed by atoms with Crippen molar-refractivity contribution in [1.82, 2.24) is 0 Å². The molecule has 3 nitrogen and oxygen atoms in total. The van der Waals surface area contributed by atoms with Gasteiger partial charge in [-0.25, -0.2) is 0 Å². The maximum absolute atomic E-state index is 5.77. The third kappa shape index (κ3) is 4.46. The highest BCUT2D eigenvalue weighted by Gasteiger charge is 1.97. The van der Waals surface area contributed by atoms with Gasteiger partial charge in [0.1, 0.15) is 17.2 Å². The second-order valence-electron chi connectivity index (χ2n) is 5.17. The molecule has 0 amide bonds. The van der Waals surface area contributed by atoms with Gasteiger partial charge in [-0.05, 0) is 73.2 Å². The Balaban J connectivity index is 1.63. The lowest BCUT2D eigenvalue weighted by atomic mass is 10.2. The minimum atomic E-state index is 0.671. The molecule has 0 saturated heterocycles. The van der Waals surface area contributed by atoms with Gasteiger partial charge in [0.05, 0.1) is 12.3 Å². The third-order valence-corrected chi connectivity index (χ3v) is 3.37. The Morgan fingerprint density at radius 2 is 1.38 bits per heavy atom. The zero-order chi connectivity index (χ0) is 16.6. The maximum atomic E-state index is 5.77. The summed E-state index contributed by atoms with van der Waals surface area (Å²) in [5.41, 5.74) is 1.91. The first-order valence-electron chi connectivity index (χ1n) is 7.93. The predicted octanol–water partition coefficient (Wildman–Crippen LogP) is 5.63. The molecule has 0 aliphatic heterocycles. The highest BCUT2D eigenvalue weighted by atomic mass is 16.5. The van der Waals surface area contributed by atoms with Crippen molar-refractivity contribution in [2.45, 2.75) is 6.92 Å². The van der Waals surface area contributed by atoms with Crippen molar-refractivity contribution in [3.8, 4) is 17.2 Å². The van der Waals surface area contributed by atoms with Crippen molar-refractivity contribution < 1.29 is 9.47 Å². The van der Waals surface area contributed by atoms with Gasteiger partial charge in [-0.1, -0.05) is 18.2 Å². The fraction of sp³-hybridized carbons (Fsp3) is 0.0952. The number of benzene rings is 3.